The molecular weight excluding hydrogens is 438 g/mol. The lowest BCUT2D eigenvalue weighted by Crippen LogP contribution is -1.94. The zero-order valence-electron chi connectivity index (χ0n) is 19.5. The summed E-state index contributed by atoms with van der Waals surface area (Å²) in [6.07, 6.45) is 0. The van der Waals surface area contributed by atoms with E-state index in [2.05, 4.69) is 72.8 Å². The number of hydrogen-bond acceptors (Lipinski definition) is 3. The van der Waals surface area contributed by atoms with E-state index in [1.54, 1.807) is 0 Å². The average molecular weight is 460 g/mol. The smallest absolute Gasteiger partial charge is 0.0825 e. The third kappa shape index (κ3) is 3.41. The Balaban J connectivity index is 1.57. The Kier molecular flexibility index (Phi) is 4.78. The van der Waals surface area contributed by atoms with Gasteiger partial charge in [-0.05, 0) is 36.4 Å². The van der Waals surface area contributed by atoms with Crippen molar-refractivity contribution in [2.24, 2.45) is 0 Å². The quantitative estimate of drug-likeness (QED) is 0.249. The predicted octanol–water partition coefficient (Wildman–Crippen LogP) is 8.33. The van der Waals surface area contributed by atoms with Gasteiger partial charge in [0.1, 0.15) is 0 Å². The second-order valence-electron chi connectivity index (χ2n) is 8.88. The molecule has 0 bridgehead atoms. The fourth-order valence-corrected chi connectivity index (χ4v) is 4.88. The van der Waals surface area contributed by atoms with Gasteiger partial charge < -0.3 is 0 Å². The Hall–Kier alpha value is -4.89. The van der Waals surface area contributed by atoms with Crippen molar-refractivity contribution in [1.82, 2.24) is 15.0 Å². The summed E-state index contributed by atoms with van der Waals surface area (Å²) in [6, 6.07) is 43.6. The Labute approximate surface area is 208 Å². The maximum atomic E-state index is 5.15. The van der Waals surface area contributed by atoms with Crippen molar-refractivity contribution in [1.29, 1.82) is 0 Å². The van der Waals surface area contributed by atoms with E-state index in [4.69, 9.17) is 15.0 Å². The minimum Gasteiger partial charge on any atom is -0.247 e. The second-order valence-corrected chi connectivity index (χ2v) is 8.88. The molecule has 0 radical (unpaired) electrons. The highest BCUT2D eigenvalue weighted by atomic mass is 14.8. The topological polar surface area (TPSA) is 38.7 Å². The van der Waals surface area contributed by atoms with Gasteiger partial charge in [-0.2, -0.15) is 0 Å². The van der Waals surface area contributed by atoms with Crippen LogP contribution in [0.1, 0.15) is 0 Å². The first kappa shape index (κ1) is 20.5. The Bertz CT molecular complexity index is 1610. The SMILES string of the molecule is c1ccc(-c2ccc3c(n2)c2ccc(-c4ccccc4)nc2c2ccc(-c4ccccc4)nc32)cc1. The fraction of sp³-hybridized carbons (Fsp3) is 0. The van der Waals surface area contributed by atoms with Crippen LogP contribution in [0.15, 0.2) is 127 Å². The van der Waals surface area contributed by atoms with Crippen LogP contribution in [-0.4, -0.2) is 15.0 Å². The molecule has 0 spiro atoms. The van der Waals surface area contributed by atoms with Gasteiger partial charge in [0.2, 0.25) is 0 Å². The number of hydrogen-bond donors (Lipinski definition) is 0. The highest BCUT2D eigenvalue weighted by Gasteiger charge is 2.15. The molecule has 0 amide bonds. The van der Waals surface area contributed by atoms with Crippen molar-refractivity contribution in [3.8, 4) is 33.8 Å². The summed E-state index contributed by atoms with van der Waals surface area (Å²) in [5, 5.41) is 3.10. The third-order valence-electron chi connectivity index (χ3n) is 6.66. The maximum Gasteiger partial charge on any atom is 0.0825 e. The summed E-state index contributed by atoms with van der Waals surface area (Å²) in [7, 11) is 0. The summed E-state index contributed by atoms with van der Waals surface area (Å²) in [5.74, 6) is 0. The summed E-state index contributed by atoms with van der Waals surface area (Å²) in [6.45, 7) is 0. The van der Waals surface area contributed by atoms with Crippen LogP contribution in [-0.2, 0) is 0 Å². The highest BCUT2D eigenvalue weighted by molar-refractivity contribution is 6.22. The molecule has 0 atom stereocenters. The van der Waals surface area contributed by atoms with Crippen molar-refractivity contribution >= 4 is 32.7 Å². The van der Waals surface area contributed by atoms with E-state index in [-0.39, 0.29) is 0 Å². The summed E-state index contributed by atoms with van der Waals surface area (Å²) in [4.78, 5) is 15.4. The molecule has 3 heterocycles. The van der Waals surface area contributed by atoms with Gasteiger partial charge in [-0.1, -0.05) is 91.0 Å². The monoisotopic (exact) mass is 459 g/mol. The van der Waals surface area contributed by atoms with Crippen molar-refractivity contribution in [3.63, 3.8) is 0 Å². The zero-order valence-corrected chi connectivity index (χ0v) is 19.5. The number of fused-ring (bicyclic) bond motifs is 6. The predicted molar refractivity (Wildman–Crippen MR) is 149 cm³/mol. The molecule has 0 unspecified atom stereocenters. The van der Waals surface area contributed by atoms with Crippen LogP contribution >= 0.6 is 0 Å². The maximum absolute atomic E-state index is 5.15. The number of benzene rings is 4. The first-order chi connectivity index (χ1) is 17.8. The van der Waals surface area contributed by atoms with E-state index in [1.165, 1.54) is 0 Å². The second kappa shape index (κ2) is 8.40. The Morgan fingerprint density at radius 3 is 0.833 bits per heavy atom. The molecule has 3 heteroatoms. The van der Waals surface area contributed by atoms with Crippen molar-refractivity contribution < 1.29 is 0 Å². The van der Waals surface area contributed by atoms with Gasteiger partial charge in [0.15, 0.2) is 0 Å². The normalized spacial score (nSPS) is 11.3. The molecule has 0 fully saturated rings. The van der Waals surface area contributed by atoms with Gasteiger partial charge in [0.05, 0.1) is 33.6 Å². The molecule has 3 aromatic heterocycles. The number of aromatic nitrogens is 3. The van der Waals surface area contributed by atoms with E-state index in [0.29, 0.717) is 0 Å². The first-order valence-corrected chi connectivity index (χ1v) is 12.1. The van der Waals surface area contributed by atoms with Crippen LogP contribution in [0, 0.1) is 0 Å². The molecular formula is C33H21N3. The number of pyridine rings is 3. The lowest BCUT2D eigenvalue weighted by Gasteiger charge is -2.13. The minimum absolute atomic E-state index is 0.920. The third-order valence-corrected chi connectivity index (χ3v) is 6.66. The van der Waals surface area contributed by atoms with Crippen molar-refractivity contribution in [3.05, 3.63) is 127 Å². The van der Waals surface area contributed by atoms with Gasteiger partial charge in [-0.3, -0.25) is 0 Å². The molecule has 0 aliphatic carbocycles. The molecule has 3 nitrogen and oxygen atoms in total. The summed E-state index contributed by atoms with van der Waals surface area (Å²) < 4.78 is 0. The van der Waals surface area contributed by atoms with Crippen molar-refractivity contribution in [2.75, 3.05) is 0 Å². The van der Waals surface area contributed by atoms with E-state index in [9.17, 15) is 0 Å². The van der Waals surface area contributed by atoms with Crippen molar-refractivity contribution in [2.45, 2.75) is 0 Å². The van der Waals surface area contributed by atoms with Gasteiger partial charge in [-0.25, -0.2) is 15.0 Å². The summed E-state index contributed by atoms with van der Waals surface area (Å²) in [5.41, 5.74) is 8.85. The van der Waals surface area contributed by atoms with E-state index < -0.39 is 0 Å². The lowest BCUT2D eigenvalue weighted by molar-refractivity contribution is 1.37. The van der Waals surface area contributed by atoms with Gasteiger partial charge in [-0.15, -0.1) is 0 Å². The van der Waals surface area contributed by atoms with Crippen LogP contribution in [0.3, 0.4) is 0 Å². The van der Waals surface area contributed by atoms with Crippen LogP contribution in [0.5, 0.6) is 0 Å². The highest BCUT2D eigenvalue weighted by Crippen LogP contribution is 2.36. The molecule has 0 aliphatic rings. The lowest BCUT2D eigenvalue weighted by atomic mass is 10.0. The van der Waals surface area contributed by atoms with Gasteiger partial charge in [0.25, 0.3) is 0 Å². The molecule has 0 N–H and O–H groups in total. The fourth-order valence-electron chi connectivity index (χ4n) is 4.88. The zero-order chi connectivity index (χ0) is 23.9. The van der Waals surface area contributed by atoms with Crippen LogP contribution < -0.4 is 0 Å². The average Bonchev–Trinajstić information content (AvgIpc) is 2.98. The first-order valence-electron chi connectivity index (χ1n) is 12.1. The van der Waals surface area contributed by atoms with Gasteiger partial charge in [0, 0.05) is 32.8 Å². The van der Waals surface area contributed by atoms with Gasteiger partial charge >= 0.3 is 0 Å². The molecule has 7 aromatic rings. The molecule has 7 rings (SSSR count). The largest absolute Gasteiger partial charge is 0.247 e. The number of rotatable bonds is 3. The minimum atomic E-state index is 0.920. The molecule has 36 heavy (non-hydrogen) atoms. The number of nitrogens with zero attached hydrogens (tertiary/aromatic N) is 3. The molecule has 0 aliphatic heterocycles. The molecule has 0 saturated carbocycles. The van der Waals surface area contributed by atoms with E-state index >= 15 is 0 Å². The van der Waals surface area contributed by atoms with Crippen LogP contribution in [0.2, 0.25) is 0 Å². The Morgan fingerprint density at radius 2 is 0.556 bits per heavy atom. The van der Waals surface area contributed by atoms with Crippen LogP contribution in [0.4, 0.5) is 0 Å². The molecule has 168 valence electrons. The standard InChI is InChI=1S/C33H21N3/c1-4-10-22(11-5-1)28-19-16-25-31(34-28)26-17-20-29(23-12-6-2-7-13-23)36-33(26)27-18-21-30(35-32(25)27)24-14-8-3-9-15-24/h1-21H. The summed E-state index contributed by atoms with van der Waals surface area (Å²) >= 11 is 0. The van der Waals surface area contributed by atoms with E-state index in [0.717, 1.165) is 66.5 Å². The van der Waals surface area contributed by atoms with E-state index in [1.807, 2.05) is 54.6 Å². The molecule has 0 saturated heterocycles. The molecule has 4 aromatic carbocycles. The Morgan fingerprint density at radius 1 is 0.278 bits per heavy atom. The van der Waals surface area contributed by atoms with Crippen LogP contribution in [0.25, 0.3) is 66.5 Å².